The number of hydrogen-bond donors (Lipinski definition) is 3. The van der Waals surface area contributed by atoms with Gasteiger partial charge in [0.2, 0.25) is 0 Å². The van der Waals surface area contributed by atoms with E-state index in [1.54, 1.807) is 29.9 Å². The van der Waals surface area contributed by atoms with Crippen LogP contribution < -0.4 is 16.4 Å². The number of nitrogen functional groups attached to an aromatic ring is 1. The Kier molecular flexibility index (Phi) is 5.96. The number of alkyl carbamates (subject to hydrolysis) is 1. The van der Waals surface area contributed by atoms with Gasteiger partial charge in [-0.15, -0.1) is 0 Å². The number of nitrogens with two attached hydrogens (primary N) is 1. The zero-order valence-electron chi connectivity index (χ0n) is 17.2. The second-order valence-corrected chi connectivity index (χ2v) is 7.47. The Morgan fingerprint density at radius 3 is 2.52 bits per heavy atom. The summed E-state index contributed by atoms with van der Waals surface area (Å²) in [5.41, 5.74) is 8.60. The maximum atomic E-state index is 13.1. The third-order valence-electron chi connectivity index (χ3n) is 5.46. The minimum Gasteiger partial charge on any atom is -0.450 e. The molecule has 3 aromatic rings. The van der Waals surface area contributed by atoms with Crippen LogP contribution >= 0.6 is 0 Å². The minimum absolute atomic E-state index is 0.0120. The molecule has 31 heavy (non-hydrogen) atoms. The summed E-state index contributed by atoms with van der Waals surface area (Å²) in [4.78, 5) is 32.8. The van der Waals surface area contributed by atoms with Crippen LogP contribution in [0.2, 0.25) is 0 Å². The predicted octanol–water partition coefficient (Wildman–Crippen LogP) is 2.16. The van der Waals surface area contributed by atoms with Crippen molar-refractivity contribution in [1.82, 2.24) is 30.2 Å². The number of nitrogens with one attached hydrogen (secondary N) is 2. The van der Waals surface area contributed by atoms with Gasteiger partial charge in [-0.05, 0) is 50.8 Å². The van der Waals surface area contributed by atoms with Crippen molar-refractivity contribution >= 4 is 23.3 Å². The number of hydrogen-bond acceptors (Lipinski definition) is 7. The number of pyridine rings is 1. The van der Waals surface area contributed by atoms with E-state index in [0.717, 1.165) is 36.9 Å². The van der Waals surface area contributed by atoms with Crippen molar-refractivity contribution < 1.29 is 14.3 Å². The topological polar surface area (TPSA) is 137 Å². The second kappa shape index (κ2) is 8.99. The third kappa shape index (κ3) is 4.42. The molecule has 0 radical (unpaired) electrons. The van der Waals surface area contributed by atoms with E-state index in [1.807, 2.05) is 12.1 Å². The molecule has 4 rings (SSSR count). The molecule has 1 aliphatic carbocycles. The molecular weight excluding hydrogens is 398 g/mol. The van der Waals surface area contributed by atoms with E-state index in [2.05, 4.69) is 25.7 Å². The highest BCUT2D eigenvalue weighted by Crippen LogP contribution is 2.28. The molecule has 0 saturated heterocycles. The molecule has 3 aromatic heterocycles. The Labute approximate surface area is 179 Å². The van der Waals surface area contributed by atoms with Crippen molar-refractivity contribution in [3.05, 3.63) is 42.5 Å². The SMILES string of the molecule is CCOC(=O)NC1CCC(NC(=O)c2cc(-c3ccncc3)n3ncnc(N)c23)CC1. The van der Waals surface area contributed by atoms with Gasteiger partial charge < -0.3 is 21.1 Å². The minimum atomic E-state index is -0.394. The molecule has 0 aliphatic heterocycles. The number of anilines is 1. The quantitative estimate of drug-likeness (QED) is 0.572. The maximum absolute atomic E-state index is 13.1. The highest BCUT2D eigenvalue weighted by atomic mass is 16.5. The fourth-order valence-electron chi connectivity index (χ4n) is 3.95. The van der Waals surface area contributed by atoms with Gasteiger partial charge in [0.1, 0.15) is 11.8 Å². The summed E-state index contributed by atoms with van der Waals surface area (Å²) in [6, 6.07) is 5.54. The lowest BCUT2D eigenvalue weighted by molar-refractivity contribution is 0.0923. The molecule has 1 saturated carbocycles. The first-order valence-electron chi connectivity index (χ1n) is 10.3. The van der Waals surface area contributed by atoms with Crippen molar-refractivity contribution in [2.24, 2.45) is 0 Å². The summed E-state index contributed by atoms with van der Waals surface area (Å²) in [6.07, 6.45) is 7.40. The van der Waals surface area contributed by atoms with Crippen molar-refractivity contribution in [1.29, 1.82) is 0 Å². The van der Waals surface area contributed by atoms with Crippen molar-refractivity contribution in [3.63, 3.8) is 0 Å². The molecule has 0 atom stereocenters. The average molecular weight is 423 g/mol. The number of nitrogens with zero attached hydrogens (tertiary/aromatic N) is 4. The highest BCUT2D eigenvalue weighted by molar-refractivity contribution is 6.05. The fraction of sp³-hybridized carbons (Fsp3) is 0.381. The molecular formula is C21H25N7O3. The molecule has 0 spiro atoms. The number of rotatable bonds is 5. The molecule has 1 fully saturated rings. The van der Waals surface area contributed by atoms with Gasteiger partial charge in [-0.3, -0.25) is 9.78 Å². The fourth-order valence-corrected chi connectivity index (χ4v) is 3.95. The first-order valence-corrected chi connectivity index (χ1v) is 10.3. The molecule has 0 unspecified atom stereocenters. The van der Waals surface area contributed by atoms with Crippen LogP contribution in [-0.4, -0.2) is 50.3 Å². The van der Waals surface area contributed by atoms with Gasteiger partial charge in [0.25, 0.3) is 5.91 Å². The largest absolute Gasteiger partial charge is 0.450 e. The summed E-state index contributed by atoms with van der Waals surface area (Å²) >= 11 is 0. The predicted molar refractivity (Wildman–Crippen MR) is 114 cm³/mol. The van der Waals surface area contributed by atoms with E-state index in [4.69, 9.17) is 10.5 Å². The zero-order chi connectivity index (χ0) is 21.8. The van der Waals surface area contributed by atoms with E-state index in [9.17, 15) is 9.59 Å². The van der Waals surface area contributed by atoms with E-state index >= 15 is 0 Å². The summed E-state index contributed by atoms with van der Waals surface area (Å²) in [5.74, 6) is 0.0175. The number of ether oxygens (including phenoxy) is 1. The summed E-state index contributed by atoms with van der Waals surface area (Å²) in [7, 11) is 0. The van der Waals surface area contributed by atoms with Crippen LogP contribution in [0, 0.1) is 0 Å². The lowest BCUT2D eigenvalue weighted by atomic mass is 9.91. The van der Waals surface area contributed by atoms with Gasteiger partial charge in [-0.1, -0.05) is 0 Å². The van der Waals surface area contributed by atoms with E-state index in [-0.39, 0.29) is 23.8 Å². The first kappa shape index (κ1) is 20.6. The van der Waals surface area contributed by atoms with Crippen molar-refractivity contribution in [3.8, 4) is 11.3 Å². The number of carbonyl (C=O) groups is 2. The number of aromatic nitrogens is 4. The Balaban J connectivity index is 1.50. The molecule has 3 heterocycles. The molecule has 0 bridgehead atoms. The summed E-state index contributed by atoms with van der Waals surface area (Å²) in [6.45, 7) is 2.12. The number of fused-ring (bicyclic) bond motifs is 1. The van der Waals surface area contributed by atoms with Gasteiger partial charge >= 0.3 is 6.09 Å². The van der Waals surface area contributed by atoms with Crippen LogP contribution in [0.1, 0.15) is 43.0 Å². The molecule has 2 amide bonds. The van der Waals surface area contributed by atoms with Gasteiger partial charge in [0, 0.05) is 30.0 Å². The molecule has 4 N–H and O–H groups in total. The first-order chi connectivity index (χ1) is 15.1. The number of amides is 2. The van der Waals surface area contributed by atoms with Crippen LogP contribution in [0.4, 0.5) is 10.6 Å². The van der Waals surface area contributed by atoms with Gasteiger partial charge in [0.15, 0.2) is 5.82 Å². The van der Waals surface area contributed by atoms with Crippen LogP contribution in [0.15, 0.2) is 36.9 Å². The Hall–Kier alpha value is -3.69. The standard InChI is InChI=1S/C21H25N7O3/c1-2-31-21(30)27-15-5-3-14(4-6-15)26-20(29)16-11-17(13-7-9-23-10-8-13)28-18(16)19(22)24-12-25-28/h7-12,14-15H,2-6H2,1H3,(H,26,29)(H,27,30)(H2,22,24,25). The number of carbonyl (C=O) groups excluding carboxylic acids is 2. The lowest BCUT2D eigenvalue weighted by Gasteiger charge is -2.29. The highest BCUT2D eigenvalue weighted by Gasteiger charge is 2.26. The molecule has 0 aromatic carbocycles. The van der Waals surface area contributed by atoms with E-state index < -0.39 is 6.09 Å². The molecule has 162 valence electrons. The summed E-state index contributed by atoms with van der Waals surface area (Å²) in [5, 5.41) is 10.3. The Bertz CT molecular complexity index is 1080. The normalized spacial score (nSPS) is 18.5. The van der Waals surface area contributed by atoms with Crippen molar-refractivity contribution in [2.45, 2.75) is 44.7 Å². The lowest BCUT2D eigenvalue weighted by Crippen LogP contribution is -2.44. The summed E-state index contributed by atoms with van der Waals surface area (Å²) < 4.78 is 6.57. The van der Waals surface area contributed by atoms with E-state index in [0.29, 0.717) is 17.7 Å². The van der Waals surface area contributed by atoms with Crippen LogP contribution in [-0.2, 0) is 4.74 Å². The van der Waals surface area contributed by atoms with Gasteiger partial charge in [0.05, 0.1) is 17.9 Å². The smallest absolute Gasteiger partial charge is 0.407 e. The average Bonchev–Trinajstić information content (AvgIpc) is 3.17. The Morgan fingerprint density at radius 2 is 1.84 bits per heavy atom. The third-order valence-corrected chi connectivity index (χ3v) is 5.46. The van der Waals surface area contributed by atoms with Gasteiger partial charge in [-0.2, -0.15) is 5.10 Å². The Morgan fingerprint density at radius 1 is 1.16 bits per heavy atom. The van der Waals surface area contributed by atoms with Crippen LogP contribution in [0.3, 0.4) is 0 Å². The van der Waals surface area contributed by atoms with E-state index in [1.165, 1.54) is 6.33 Å². The zero-order valence-corrected chi connectivity index (χ0v) is 17.2. The molecule has 1 aliphatic rings. The van der Waals surface area contributed by atoms with Crippen molar-refractivity contribution in [2.75, 3.05) is 12.3 Å². The second-order valence-electron chi connectivity index (χ2n) is 7.47. The van der Waals surface area contributed by atoms with Crippen LogP contribution in [0.5, 0.6) is 0 Å². The molecule has 10 nitrogen and oxygen atoms in total. The monoisotopic (exact) mass is 423 g/mol. The van der Waals surface area contributed by atoms with Gasteiger partial charge in [-0.25, -0.2) is 14.3 Å². The molecule has 10 heteroatoms. The maximum Gasteiger partial charge on any atom is 0.407 e. The van der Waals surface area contributed by atoms with Crippen LogP contribution in [0.25, 0.3) is 16.8 Å².